The Morgan fingerprint density at radius 1 is 1.19 bits per heavy atom. The maximum Gasteiger partial charge on any atom is 0.259 e. The number of carbonyl (C=O) groups excluding carboxylic acids is 1. The SMILES string of the molecule is CCCC(CCCC(CC)S(C)(=O)=O)Cc1cc2c(=O)n(C)cc(-c3ccnc(NC(C)=O)c3)c2s1. The number of hydrogen-bond donors (Lipinski definition) is 1. The van der Waals surface area contributed by atoms with Crippen LogP contribution < -0.4 is 10.9 Å². The van der Waals surface area contributed by atoms with Crippen molar-refractivity contribution in [1.29, 1.82) is 0 Å². The van der Waals surface area contributed by atoms with E-state index in [1.54, 1.807) is 29.1 Å². The summed E-state index contributed by atoms with van der Waals surface area (Å²) in [5.41, 5.74) is 1.79. The fourth-order valence-corrected chi connectivity index (χ4v) is 7.35. The second-order valence-corrected chi connectivity index (χ2v) is 13.1. The molecular formula is C27H37N3O4S2. The number of aromatic nitrogens is 2. The molecule has 1 N–H and O–H groups in total. The second-order valence-electron chi connectivity index (χ2n) is 9.67. The molecule has 196 valence electrons. The highest BCUT2D eigenvalue weighted by Crippen LogP contribution is 2.35. The smallest absolute Gasteiger partial charge is 0.259 e. The van der Waals surface area contributed by atoms with E-state index in [1.807, 2.05) is 31.3 Å². The maximum atomic E-state index is 13.0. The Kier molecular flexibility index (Phi) is 9.47. The highest BCUT2D eigenvalue weighted by atomic mass is 32.2. The van der Waals surface area contributed by atoms with E-state index in [4.69, 9.17) is 0 Å². The van der Waals surface area contributed by atoms with Crippen molar-refractivity contribution >= 4 is 43.0 Å². The number of anilines is 1. The highest BCUT2D eigenvalue weighted by molar-refractivity contribution is 7.91. The van der Waals surface area contributed by atoms with Gasteiger partial charge in [0.15, 0.2) is 0 Å². The van der Waals surface area contributed by atoms with Crippen LogP contribution in [0, 0.1) is 5.92 Å². The van der Waals surface area contributed by atoms with E-state index in [0.29, 0.717) is 30.0 Å². The van der Waals surface area contributed by atoms with Crippen molar-refractivity contribution in [2.24, 2.45) is 13.0 Å². The Balaban J connectivity index is 1.88. The third kappa shape index (κ3) is 7.03. The molecule has 1 amide bonds. The molecule has 9 heteroatoms. The number of nitrogens with zero attached hydrogens (tertiary/aromatic N) is 2. The number of aryl methyl sites for hydroxylation is 1. The normalized spacial score (nSPS) is 13.6. The topological polar surface area (TPSA) is 98.1 Å². The summed E-state index contributed by atoms with van der Waals surface area (Å²) in [4.78, 5) is 29.8. The van der Waals surface area contributed by atoms with Crippen molar-refractivity contribution in [1.82, 2.24) is 9.55 Å². The molecule has 2 unspecified atom stereocenters. The predicted molar refractivity (Wildman–Crippen MR) is 149 cm³/mol. The van der Waals surface area contributed by atoms with Crippen molar-refractivity contribution in [3.63, 3.8) is 0 Å². The van der Waals surface area contributed by atoms with Crippen LogP contribution >= 0.6 is 11.3 Å². The van der Waals surface area contributed by atoms with E-state index in [-0.39, 0.29) is 16.7 Å². The van der Waals surface area contributed by atoms with Crippen molar-refractivity contribution in [3.05, 3.63) is 45.8 Å². The van der Waals surface area contributed by atoms with Gasteiger partial charge in [-0.1, -0.05) is 39.5 Å². The first-order chi connectivity index (χ1) is 17.0. The molecule has 0 saturated carbocycles. The second kappa shape index (κ2) is 12.1. The minimum absolute atomic E-state index is 0.0293. The van der Waals surface area contributed by atoms with Crippen molar-refractivity contribution in [2.75, 3.05) is 11.6 Å². The lowest BCUT2D eigenvalue weighted by Gasteiger charge is -2.17. The number of pyridine rings is 2. The van der Waals surface area contributed by atoms with Gasteiger partial charge in [-0.05, 0) is 48.9 Å². The van der Waals surface area contributed by atoms with E-state index in [9.17, 15) is 18.0 Å². The van der Waals surface area contributed by atoms with Crippen molar-refractivity contribution in [3.8, 4) is 11.1 Å². The van der Waals surface area contributed by atoms with Gasteiger partial charge in [0.1, 0.15) is 15.7 Å². The predicted octanol–water partition coefficient (Wildman–Crippen LogP) is 5.57. The minimum Gasteiger partial charge on any atom is -0.317 e. The van der Waals surface area contributed by atoms with Crippen LogP contribution in [0.4, 0.5) is 5.82 Å². The van der Waals surface area contributed by atoms with Gasteiger partial charge in [0.2, 0.25) is 5.91 Å². The summed E-state index contributed by atoms with van der Waals surface area (Å²) in [6, 6.07) is 5.73. The van der Waals surface area contributed by atoms with E-state index in [1.165, 1.54) is 18.1 Å². The fraction of sp³-hybridized carbons (Fsp3) is 0.519. The number of thiophene rings is 1. The van der Waals surface area contributed by atoms with Gasteiger partial charge in [0.05, 0.1) is 10.6 Å². The molecule has 36 heavy (non-hydrogen) atoms. The monoisotopic (exact) mass is 531 g/mol. The molecule has 0 bridgehead atoms. The Bertz CT molecular complexity index is 1380. The summed E-state index contributed by atoms with van der Waals surface area (Å²) in [5, 5.41) is 3.16. The summed E-state index contributed by atoms with van der Waals surface area (Å²) < 4.78 is 26.5. The molecule has 2 atom stereocenters. The fourth-order valence-electron chi connectivity index (χ4n) is 4.85. The standard InChI is InChI=1S/C27H37N3O4S2/c1-6-9-19(10-8-11-22(7-2)36(5,33)34)14-21-16-23-26(35-21)24(17-30(4)27(23)32)20-12-13-28-25(15-20)29-18(3)31/h12-13,15-17,19,22H,6-11,14H2,1-5H3,(H,28,29,31). The molecule has 0 aliphatic rings. The van der Waals surface area contributed by atoms with Gasteiger partial charge in [-0.3, -0.25) is 9.59 Å². The van der Waals surface area contributed by atoms with Gasteiger partial charge < -0.3 is 9.88 Å². The molecule has 0 saturated heterocycles. The zero-order chi connectivity index (χ0) is 26.5. The third-order valence-corrected chi connectivity index (χ3v) is 9.63. The van der Waals surface area contributed by atoms with Crippen LogP contribution in [0.25, 0.3) is 21.2 Å². The molecule has 0 aliphatic heterocycles. The summed E-state index contributed by atoms with van der Waals surface area (Å²) in [6.07, 6.45) is 11.1. The summed E-state index contributed by atoms with van der Waals surface area (Å²) in [5.74, 6) is 0.730. The molecule has 3 rings (SSSR count). The van der Waals surface area contributed by atoms with Crippen LogP contribution in [0.15, 0.2) is 35.4 Å². The summed E-state index contributed by atoms with van der Waals surface area (Å²) >= 11 is 1.65. The lowest BCUT2D eigenvalue weighted by Crippen LogP contribution is -2.19. The molecule has 0 aromatic carbocycles. The molecule has 0 spiro atoms. The molecular weight excluding hydrogens is 494 g/mol. The number of fused-ring (bicyclic) bond motifs is 1. The number of rotatable bonds is 12. The van der Waals surface area contributed by atoms with Crippen LogP contribution in [0.2, 0.25) is 0 Å². The van der Waals surface area contributed by atoms with Crippen LogP contribution in [0.3, 0.4) is 0 Å². The van der Waals surface area contributed by atoms with Crippen LogP contribution in [0.5, 0.6) is 0 Å². The largest absolute Gasteiger partial charge is 0.317 e. The molecule has 3 aromatic heterocycles. The highest BCUT2D eigenvalue weighted by Gasteiger charge is 2.20. The van der Waals surface area contributed by atoms with Crippen LogP contribution in [-0.2, 0) is 28.1 Å². The average molecular weight is 532 g/mol. The number of carbonyl (C=O) groups is 1. The molecule has 3 aromatic rings. The molecule has 0 fully saturated rings. The lowest BCUT2D eigenvalue weighted by atomic mass is 9.92. The van der Waals surface area contributed by atoms with Gasteiger partial charge in [-0.2, -0.15) is 0 Å². The van der Waals surface area contributed by atoms with Gasteiger partial charge >= 0.3 is 0 Å². The Morgan fingerprint density at radius 3 is 2.58 bits per heavy atom. The number of sulfone groups is 1. The lowest BCUT2D eigenvalue weighted by molar-refractivity contribution is -0.114. The third-order valence-electron chi connectivity index (χ3n) is 6.66. The number of nitrogens with one attached hydrogen (secondary N) is 1. The first kappa shape index (κ1) is 28.1. The Morgan fingerprint density at radius 2 is 1.94 bits per heavy atom. The van der Waals surface area contributed by atoms with E-state index >= 15 is 0 Å². The minimum atomic E-state index is -3.01. The van der Waals surface area contributed by atoms with Crippen LogP contribution in [-0.4, -0.2) is 35.4 Å². The number of amides is 1. The van der Waals surface area contributed by atoms with Crippen LogP contribution in [0.1, 0.15) is 64.2 Å². The van der Waals surface area contributed by atoms with Crippen molar-refractivity contribution < 1.29 is 13.2 Å². The quantitative estimate of drug-likeness (QED) is 0.329. The van der Waals surface area contributed by atoms with Gasteiger partial charge in [-0.25, -0.2) is 13.4 Å². The molecule has 7 nitrogen and oxygen atoms in total. The zero-order valence-corrected chi connectivity index (χ0v) is 23.5. The zero-order valence-electron chi connectivity index (χ0n) is 21.8. The molecule has 3 heterocycles. The van der Waals surface area contributed by atoms with E-state index in [0.717, 1.165) is 47.9 Å². The number of hydrogen-bond acceptors (Lipinski definition) is 6. The average Bonchev–Trinajstić information content (AvgIpc) is 3.22. The summed E-state index contributed by atoms with van der Waals surface area (Å²) in [7, 11) is -1.26. The van der Waals surface area contributed by atoms with Gasteiger partial charge in [-0.15, -0.1) is 11.3 Å². The molecule has 0 aliphatic carbocycles. The van der Waals surface area contributed by atoms with E-state index < -0.39 is 9.84 Å². The van der Waals surface area contributed by atoms with E-state index in [2.05, 4.69) is 17.2 Å². The van der Waals surface area contributed by atoms with Gasteiger partial charge in [0, 0.05) is 47.8 Å². The van der Waals surface area contributed by atoms with Gasteiger partial charge in [0.25, 0.3) is 5.56 Å². The first-order valence-corrected chi connectivity index (χ1v) is 15.4. The summed E-state index contributed by atoms with van der Waals surface area (Å²) in [6.45, 7) is 5.56. The van der Waals surface area contributed by atoms with Crippen molar-refractivity contribution in [2.45, 2.75) is 71.0 Å². The molecule has 0 radical (unpaired) electrons. The Labute approximate surface area is 217 Å². The maximum absolute atomic E-state index is 13.0. The first-order valence-electron chi connectivity index (χ1n) is 12.6. The Hall–Kier alpha value is -2.52.